The van der Waals surface area contributed by atoms with Crippen LogP contribution in [0.5, 0.6) is 0 Å². The van der Waals surface area contributed by atoms with Gasteiger partial charge in [0.25, 0.3) is 0 Å². The molecule has 0 aliphatic carbocycles. The molecule has 7 heteroatoms. The maximum atomic E-state index is 5.83. The minimum atomic E-state index is 0.393. The summed E-state index contributed by atoms with van der Waals surface area (Å²) in [5.74, 6) is 0.582. The minimum absolute atomic E-state index is 0.393. The number of imidazole rings is 1. The lowest BCUT2D eigenvalue weighted by Crippen LogP contribution is -1.94. The average molecular weight is 235 g/mol. The Kier molecular flexibility index (Phi) is 1.90. The van der Waals surface area contributed by atoms with E-state index in [-0.39, 0.29) is 0 Å². The standard InChI is InChI=1S/C9H7ClN6/c1-15-4-6(11-5-15)9-13-12-8-3-2-7(10)14-16(8)9/h2-5H,1H3. The molecule has 16 heavy (non-hydrogen) atoms. The van der Waals surface area contributed by atoms with Gasteiger partial charge in [-0.05, 0) is 12.1 Å². The molecule has 0 saturated carbocycles. The molecule has 0 radical (unpaired) electrons. The lowest BCUT2D eigenvalue weighted by molar-refractivity contribution is 0.912. The number of fused-ring (bicyclic) bond motifs is 1. The lowest BCUT2D eigenvalue weighted by atomic mass is 10.4. The van der Waals surface area contributed by atoms with E-state index < -0.39 is 0 Å². The van der Waals surface area contributed by atoms with Crippen molar-refractivity contribution in [2.24, 2.45) is 7.05 Å². The lowest BCUT2D eigenvalue weighted by Gasteiger charge is -1.95. The highest BCUT2D eigenvalue weighted by Crippen LogP contribution is 2.15. The van der Waals surface area contributed by atoms with Crippen LogP contribution < -0.4 is 0 Å². The van der Waals surface area contributed by atoms with Crippen molar-refractivity contribution in [3.63, 3.8) is 0 Å². The highest BCUT2D eigenvalue weighted by atomic mass is 35.5. The van der Waals surface area contributed by atoms with Crippen LogP contribution in [0.2, 0.25) is 5.15 Å². The minimum Gasteiger partial charge on any atom is -0.340 e. The summed E-state index contributed by atoms with van der Waals surface area (Å²) in [6.07, 6.45) is 3.54. The molecule has 0 aromatic carbocycles. The van der Waals surface area contributed by atoms with Gasteiger partial charge in [0.15, 0.2) is 5.65 Å². The van der Waals surface area contributed by atoms with E-state index >= 15 is 0 Å². The van der Waals surface area contributed by atoms with Gasteiger partial charge in [-0.15, -0.1) is 10.2 Å². The summed E-state index contributed by atoms with van der Waals surface area (Å²) in [6, 6.07) is 3.43. The van der Waals surface area contributed by atoms with Crippen LogP contribution in [-0.4, -0.2) is 29.4 Å². The summed E-state index contributed by atoms with van der Waals surface area (Å²) in [4.78, 5) is 4.19. The van der Waals surface area contributed by atoms with Gasteiger partial charge in [-0.2, -0.15) is 9.61 Å². The fourth-order valence-electron chi connectivity index (χ4n) is 1.45. The number of aromatic nitrogens is 6. The molecule has 0 aliphatic rings. The van der Waals surface area contributed by atoms with Crippen LogP contribution in [0.1, 0.15) is 0 Å². The van der Waals surface area contributed by atoms with E-state index in [2.05, 4.69) is 20.3 Å². The van der Waals surface area contributed by atoms with Crippen LogP contribution in [0.15, 0.2) is 24.7 Å². The molecule has 3 heterocycles. The van der Waals surface area contributed by atoms with Crippen molar-refractivity contribution in [2.75, 3.05) is 0 Å². The Morgan fingerprint density at radius 2 is 2.12 bits per heavy atom. The van der Waals surface area contributed by atoms with Gasteiger partial charge in [0.2, 0.25) is 5.82 Å². The summed E-state index contributed by atoms with van der Waals surface area (Å²) in [6.45, 7) is 0. The second kappa shape index (κ2) is 3.28. The third kappa shape index (κ3) is 1.35. The number of nitrogens with zero attached hydrogens (tertiary/aromatic N) is 6. The van der Waals surface area contributed by atoms with Crippen LogP contribution in [0, 0.1) is 0 Å². The summed E-state index contributed by atoms with van der Waals surface area (Å²) in [5, 5.41) is 12.5. The van der Waals surface area contributed by atoms with Crippen molar-refractivity contribution >= 4 is 17.2 Å². The first-order valence-corrected chi connectivity index (χ1v) is 4.98. The molecule has 0 atom stereocenters. The van der Waals surface area contributed by atoms with Gasteiger partial charge < -0.3 is 4.57 Å². The van der Waals surface area contributed by atoms with Gasteiger partial charge in [0.05, 0.1) is 6.33 Å². The molecule has 6 nitrogen and oxygen atoms in total. The largest absolute Gasteiger partial charge is 0.340 e. The molecule has 0 aliphatic heterocycles. The quantitative estimate of drug-likeness (QED) is 0.634. The normalized spacial score (nSPS) is 11.1. The molecular formula is C9H7ClN6. The summed E-state index contributed by atoms with van der Waals surface area (Å²) in [5.41, 5.74) is 1.36. The van der Waals surface area contributed by atoms with Crippen molar-refractivity contribution in [3.05, 3.63) is 29.8 Å². The van der Waals surface area contributed by atoms with E-state index in [1.165, 1.54) is 0 Å². The Morgan fingerprint density at radius 3 is 2.88 bits per heavy atom. The van der Waals surface area contributed by atoms with E-state index in [9.17, 15) is 0 Å². The molecule has 0 amide bonds. The van der Waals surface area contributed by atoms with Gasteiger partial charge in [-0.1, -0.05) is 11.6 Å². The van der Waals surface area contributed by atoms with Gasteiger partial charge in [-0.3, -0.25) is 0 Å². The van der Waals surface area contributed by atoms with Gasteiger partial charge in [0, 0.05) is 13.2 Å². The molecule has 0 fully saturated rings. The summed E-state index contributed by atoms with van der Waals surface area (Å²) >= 11 is 5.83. The average Bonchev–Trinajstić information content (AvgIpc) is 2.83. The molecule has 3 aromatic heterocycles. The van der Waals surface area contributed by atoms with Crippen molar-refractivity contribution in [3.8, 4) is 11.5 Å². The first-order chi connectivity index (χ1) is 7.74. The molecule has 80 valence electrons. The van der Waals surface area contributed by atoms with E-state index in [0.29, 0.717) is 22.3 Å². The van der Waals surface area contributed by atoms with Gasteiger partial charge in [0.1, 0.15) is 10.8 Å². The second-order valence-corrected chi connectivity index (χ2v) is 3.76. The number of rotatable bonds is 1. The SMILES string of the molecule is Cn1cnc(-c2nnc3ccc(Cl)nn23)c1. The molecule has 0 N–H and O–H groups in total. The Hall–Kier alpha value is -1.95. The van der Waals surface area contributed by atoms with Gasteiger partial charge in [-0.25, -0.2) is 4.98 Å². The Balaban J connectivity index is 2.27. The van der Waals surface area contributed by atoms with Crippen LogP contribution in [0.4, 0.5) is 0 Å². The summed E-state index contributed by atoms with van der Waals surface area (Å²) in [7, 11) is 1.89. The third-order valence-corrected chi connectivity index (χ3v) is 2.37. The zero-order chi connectivity index (χ0) is 11.1. The van der Waals surface area contributed by atoms with Crippen LogP contribution in [-0.2, 0) is 7.05 Å². The molecule has 0 saturated heterocycles. The Bertz CT molecular complexity index is 655. The van der Waals surface area contributed by atoms with Crippen molar-refractivity contribution in [1.29, 1.82) is 0 Å². The highest BCUT2D eigenvalue weighted by molar-refractivity contribution is 6.29. The number of aryl methyl sites for hydroxylation is 1. The summed E-state index contributed by atoms with van der Waals surface area (Å²) < 4.78 is 3.41. The highest BCUT2D eigenvalue weighted by Gasteiger charge is 2.11. The van der Waals surface area contributed by atoms with E-state index in [1.807, 2.05) is 17.8 Å². The predicted molar refractivity (Wildman–Crippen MR) is 58.0 cm³/mol. The first-order valence-electron chi connectivity index (χ1n) is 4.60. The van der Waals surface area contributed by atoms with Crippen LogP contribution in [0.3, 0.4) is 0 Å². The number of hydrogen-bond acceptors (Lipinski definition) is 4. The molecule has 3 rings (SSSR count). The predicted octanol–water partition coefficient (Wildman–Crippen LogP) is 1.18. The van der Waals surface area contributed by atoms with Crippen molar-refractivity contribution in [2.45, 2.75) is 0 Å². The fourth-order valence-corrected chi connectivity index (χ4v) is 1.59. The Morgan fingerprint density at radius 1 is 1.25 bits per heavy atom. The zero-order valence-corrected chi connectivity index (χ0v) is 9.13. The number of hydrogen-bond donors (Lipinski definition) is 0. The molecule has 0 bridgehead atoms. The fraction of sp³-hybridized carbons (Fsp3) is 0.111. The monoisotopic (exact) mass is 234 g/mol. The maximum Gasteiger partial charge on any atom is 0.205 e. The second-order valence-electron chi connectivity index (χ2n) is 3.37. The van der Waals surface area contributed by atoms with Crippen molar-refractivity contribution in [1.82, 2.24) is 29.4 Å². The topological polar surface area (TPSA) is 60.9 Å². The van der Waals surface area contributed by atoms with Crippen LogP contribution >= 0.6 is 11.6 Å². The first kappa shape index (κ1) is 9.29. The third-order valence-electron chi connectivity index (χ3n) is 2.16. The maximum absolute atomic E-state index is 5.83. The van der Waals surface area contributed by atoms with Crippen LogP contribution in [0.25, 0.3) is 17.2 Å². The molecule has 3 aromatic rings. The smallest absolute Gasteiger partial charge is 0.205 e. The zero-order valence-electron chi connectivity index (χ0n) is 8.37. The van der Waals surface area contributed by atoms with Crippen molar-refractivity contribution < 1.29 is 0 Å². The van der Waals surface area contributed by atoms with E-state index in [0.717, 1.165) is 0 Å². The molecule has 0 unspecified atom stereocenters. The van der Waals surface area contributed by atoms with E-state index in [4.69, 9.17) is 11.6 Å². The van der Waals surface area contributed by atoms with Gasteiger partial charge >= 0.3 is 0 Å². The van der Waals surface area contributed by atoms with E-state index in [1.54, 1.807) is 23.0 Å². The molecular weight excluding hydrogens is 228 g/mol. The molecule has 0 spiro atoms. The number of halogens is 1. The Labute approximate surface area is 95.5 Å².